The van der Waals surface area contributed by atoms with Crippen molar-refractivity contribution < 1.29 is 64.4 Å². The first kappa shape index (κ1) is 46.1. The molecule has 66 heavy (non-hydrogen) atoms. The zero-order valence-electron chi connectivity index (χ0n) is 35.9. The summed E-state index contributed by atoms with van der Waals surface area (Å²) in [6.45, 7) is 5.09. The number of alkyl halides is 6. The van der Waals surface area contributed by atoms with E-state index in [-0.39, 0.29) is 50.0 Å². The summed E-state index contributed by atoms with van der Waals surface area (Å²) in [4.78, 5) is 36.1. The number of benzene rings is 5. The quantitative estimate of drug-likeness (QED) is 0.111. The Balaban J connectivity index is 1.14. The van der Waals surface area contributed by atoms with Crippen LogP contribution < -0.4 is 20.1 Å². The number of nitrogens with zero attached hydrogens (tertiary/aromatic N) is 2. The Morgan fingerprint density at radius 1 is 0.682 bits per heavy atom. The first-order chi connectivity index (χ1) is 30.8. The second-order valence-corrected chi connectivity index (χ2v) is 18.0. The molecule has 0 saturated carbocycles. The number of hydrogen-bond acceptors (Lipinski definition) is 8. The summed E-state index contributed by atoms with van der Waals surface area (Å²) in [5, 5.41) is 28.2. The number of rotatable bonds is 8. The van der Waals surface area contributed by atoms with Crippen LogP contribution in [-0.2, 0) is 17.4 Å². The number of nitrogens with one attached hydrogen (secondary N) is 2. The van der Waals surface area contributed by atoms with Crippen molar-refractivity contribution in [3.63, 3.8) is 0 Å². The summed E-state index contributed by atoms with van der Waals surface area (Å²) in [6, 6.07) is 12.6. The highest BCUT2D eigenvalue weighted by Gasteiger charge is 2.66. The monoisotopic (exact) mass is 922 g/mol. The number of methoxy groups -OCH3 is 1. The van der Waals surface area contributed by atoms with Crippen molar-refractivity contribution in [1.29, 1.82) is 0 Å². The smallest absolute Gasteiger partial charge is 0.419 e. The number of amides is 2. The Morgan fingerprint density at radius 3 is 1.77 bits per heavy atom. The maximum atomic E-state index is 16.0. The average Bonchev–Trinajstić information content (AvgIpc) is 3.24. The summed E-state index contributed by atoms with van der Waals surface area (Å²) in [5.41, 5.74) is -9.83. The molecule has 4 atom stereocenters. The standard InChI is InChI=1S/C48H42F8N4O6/c1-43(2)22-46(64,48(54,55)56)40(29-13-15-31(49)37(65-5)35(29)43)60-42(62)28-11-7-9-26-25(8-6-10-27(26)28)21-66-38-32(50)16-14-30-36(38)44(3,4)23-45(63,47(51,52)53)39(30)59-41(61)24-12-17-33-34(20-24)58-19-18-57-33/h6-20,39-40,63-64H,21-23H2,1-5H3,(H,59,61)(H,60,62)/t39-,40-,45+,46+/m1/s1. The minimum atomic E-state index is -5.29. The molecule has 4 N–H and O–H groups in total. The minimum Gasteiger partial charge on any atom is -0.493 e. The molecule has 0 bridgehead atoms. The van der Waals surface area contributed by atoms with Crippen molar-refractivity contribution in [2.24, 2.45) is 0 Å². The molecule has 0 unspecified atom stereocenters. The number of aromatic nitrogens is 2. The van der Waals surface area contributed by atoms with Crippen LogP contribution in [0, 0.1) is 11.6 Å². The van der Waals surface area contributed by atoms with E-state index in [4.69, 9.17) is 9.47 Å². The highest BCUT2D eigenvalue weighted by molar-refractivity contribution is 6.08. The largest absolute Gasteiger partial charge is 0.493 e. The average molecular weight is 923 g/mol. The normalized spacial score (nSPS) is 22.3. The lowest BCUT2D eigenvalue weighted by molar-refractivity contribution is -0.280. The highest BCUT2D eigenvalue weighted by Crippen LogP contribution is 2.57. The van der Waals surface area contributed by atoms with Crippen LogP contribution in [0.1, 0.15) is 101 Å². The molecule has 2 aliphatic carbocycles. The van der Waals surface area contributed by atoms with Crippen LogP contribution in [0.4, 0.5) is 35.1 Å². The van der Waals surface area contributed by atoms with Gasteiger partial charge in [-0.15, -0.1) is 0 Å². The van der Waals surface area contributed by atoms with E-state index in [1.165, 1.54) is 82.6 Å². The van der Waals surface area contributed by atoms with Crippen LogP contribution in [0.3, 0.4) is 0 Å². The van der Waals surface area contributed by atoms with Gasteiger partial charge in [0, 0.05) is 34.6 Å². The zero-order chi connectivity index (χ0) is 47.9. The van der Waals surface area contributed by atoms with E-state index < -0.39 is 95.1 Å². The molecule has 2 aliphatic rings. The maximum absolute atomic E-state index is 16.0. The SMILES string of the molecule is COc1c(F)ccc2c1C(C)(C)C[C@@](O)(C(F)(F)F)[C@@H]2NC(=O)c1cccc2c(COc3c(F)ccc4c3C(C)(C)C[C@@](O)(C(F)(F)F)[C@@H]4NC(=O)c3ccc4nccnc4c3)cccc12. The number of carbonyl (C=O) groups is 2. The van der Waals surface area contributed by atoms with Gasteiger partial charge in [-0.3, -0.25) is 19.6 Å². The second kappa shape index (κ2) is 15.9. The molecule has 6 aromatic rings. The highest BCUT2D eigenvalue weighted by atomic mass is 19.4. The Bertz CT molecular complexity index is 2940. The van der Waals surface area contributed by atoms with Gasteiger partial charge in [0.25, 0.3) is 11.8 Å². The Hall–Kier alpha value is -6.40. The number of ether oxygens (including phenoxy) is 2. The van der Waals surface area contributed by atoms with E-state index >= 15 is 4.39 Å². The molecule has 1 aromatic heterocycles. The van der Waals surface area contributed by atoms with Gasteiger partial charge in [0.05, 0.1) is 30.2 Å². The molecular weight excluding hydrogens is 881 g/mol. The lowest BCUT2D eigenvalue weighted by Crippen LogP contribution is -2.60. The van der Waals surface area contributed by atoms with Gasteiger partial charge in [0.1, 0.15) is 6.61 Å². The fourth-order valence-electron chi connectivity index (χ4n) is 9.90. The number of fused-ring (bicyclic) bond motifs is 4. The molecule has 0 spiro atoms. The fourth-order valence-corrected chi connectivity index (χ4v) is 9.90. The summed E-state index contributed by atoms with van der Waals surface area (Å²) in [7, 11) is 1.15. The third-order valence-electron chi connectivity index (χ3n) is 12.7. The predicted molar refractivity (Wildman–Crippen MR) is 225 cm³/mol. The summed E-state index contributed by atoms with van der Waals surface area (Å²) < 4.78 is 132. The maximum Gasteiger partial charge on any atom is 0.419 e. The van der Waals surface area contributed by atoms with Gasteiger partial charge in [0.15, 0.2) is 34.3 Å². The molecule has 1 heterocycles. The van der Waals surface area contributed by atoms with E-state index in [1.807, 2.05) is 0 Å². The van der Waals surface area contributed by atoms with Gasteiger partial charge in [-0.2, -0.15) is 26.3 Å². The summed E-state index contributed by atoms with van der Waals surface area (Å²) in [5.74, 6) is -4.64. The van der Waals surface area contributed by atoms with Crippen LogP contribution in [-0.4, -0.2) is 62.7 Å². The lowest BCUT2D eigenvalue weighted by Gasteiger charge is -2.49. The summed E-state index contributed by atoms with van der Waals surface area (Å²) >= 11 is 0. The fraction of sp³-hybridized carbons (Fsp3) is 0.333. The third kappa shape index (κ3) is 7.52. The minimum absolute atomic E-state index is 0.0390. The van der Waals surface area contributed by atoms with Crippen molar-refractivity contribution in [2.75, 3.05) is 7.11 Å². The number of halogens is 8. The van der Waals surface area contributed by atoms with Crippen molar-refractivity contribution in [3.05, 3.63) is 142 Å². The molecule has 10 nitrogen and oxygen atoms in total. The van der Waals surface area contributed by atoms with Gasteiger partial charge < -0.3 is 30.3 Å². The summed E-state index contributed by atoms with van der Waals surface area (Å²) in [6.07, 6.45) is -9.74. The van der Waals surface area contributed by atoms with Gasteiger partial charge >= 0.3 is 12.4 Å². The molecule has 5 aromatic carbocycles. The van der Waals surface area contributed by atoms with Crippen LogP contribution in [0.25, 0.3) is 21.8 Å². The molecule has 0 aliphatic heterocycles. The third-order valence-corrected chi connectivity index (χ3v) is 12.7. The Labute approximate surface area is 372 Å². The Kier molecular flexibility index (Phi) is 11.1. The van der Waals surface area contributed by atoms with E-state index in [0.29, 0.717) is 16.5 Å². The van der Waals surface area contributed by atoms with Crippen LogP contribution in [0.2, 0.25) is 0 Å². The zero-order valence-corrected chi connectivity index (χ0v) is 35.9. The van der Waals surface area contributed by atoms with Crippen LogP contribution >= 0.6 is 0 Å². The van der Waals surface area contributed by atoms with Crippen molar-refractivity contribution in [3.8, 4) is 11.5 Å². The number of hydrogen-bond donors (Lipinski definition) is 4. The topological polar surface area (TPSA) is 143 Å². The molecular formula is C48H42F8N4O6. The van der Waals surface area contributed by atoms with E-state index in [2.05, 4.69) is 20.6 Å². The Morgan fingerprint density at radius 2 is 1.20 bits per heavy atom. The molecule has 346 valence electrons. The van der Waals surface area contributed by atoms with Gasteiger partial charge in [-0.1, -0.05) is 70.2 Å². The van der Waals surface area contributed by atoms with Gasteiger partial charge in [-0.05, 0) is 87.5 Å². The molecule has 2 amide bonds. The first-order valence-corrected chi connectivity index (χ1v) is 20.6. The first-order valence-electron chi connectivity index (χ1n) is 20.6. The molecule has 0 radical (unpaired) electrons. The lowest BCUT2D eigenvalue weighted by atomic mass is 9.63. The van der Waals surface area contributed by atoms with Crippen LogP contribution in [0.5, 0.6) is 11.5 Å². The number of aliphatic hydroxyl groups is 2. The van der Waals surface area contributed by atoms with E-state index in [9.17, 15) is 50.5 Å². The number of carbonyl (C=O) groups excluding carboxylic acids is 2. The predicted octanol–water partition coefficient (Wildman–Crippen LogP) is 9.54. The molecule has 0 saturated heterocycles. The van der Waals surface area contributed by atoms with Crippen molar-refractivity contribution in [1.82, 2.24) is 20.6 Å². The molecule has 8 rings (SSSR count). The van der Waals surface area contributed by atoms with E-state index in [0.717, 1.165) is 31.4 Å². The van der Waals surface area contributed by atoms with E-state index in [1.54, 1.807) is 12.1 Å². The van der Waals surface area contributed by atoms with Crippen LogP contribution in [0.15, 0.2) is 91.3 Å². The van der Waals surface area contributed by atoms with Crippen molar-refractivity contribution in [2.45, 2.75) is 93.6 Å². The molecule has 18 heteroatoms. The van der Waals surface area contributed by atoms with Gasteiger partial charge in [-0.25, -0.2) is 8.78 Å². The molecule has 0 fully saturated rings. The van der Waals surface area contributed by atoms with Gasteiger partial charge in [0.2, 0.25) is 0 Å². The van der Waals surface area contributed by atoms with Crippen molar-refractivity contribution >= 4 is 33.6 Å². The second-order valence-electron chi connectivity index (χ2n) is 18.0.